The maximum Gasteiger partial charge on any atom is 0.253 e. The fraction of sp³-hybridized carbons (Fsp3) is 0.391. The molecule has 0 aliphatic rings. The van der Waals surface area contributed by atoms with Crippen molar-refractivity contribution < 1.29 is 18.7 Å². The van der Waals surface area contributed by atoms with Crippen LogP contribution < -0.4 is 10.6 Å². The molecular formula is C23H29F2N7O2. The van der Waals surface area contributed by atoms with Gasteiger partial charge in [-0.15, -0.1) is 10.2 Å². The van der Waals surface area contributed by atoms with Crippen molar-refractivity contribution in [2.24, 2.45) is 0 Å². The fourth-order valence-corrected chi connectivity index (χ4v) is 3.51. The standard InChI is InChI=1S/C23H29F2N7O2/c1-5-31(6-2)13-23(3,4)28-21(33)15-11-16(24)17(25)12-19(15)27-22(34)18-7-8-20(30-29-18)32-10-9-26-14-32/h7-12,14,22,27,34H,5-6,13H2,1-4H3,(H,28,33). The Balaban J connectivity index is 1.80. The molecule has 3 rings (SSSR count). The topological polar surface area (TPSA) is 108 Å². The van der Waals surface area contributed by atoms with Crippen LogP contribution in [0.5, 0.6) is 0 Å². The highest BCUT2D eigenvalue weighted by molar-refractivity contribution is 6.00. The normalized spacial score (nSPS) is 12.6. The Kier molecular flexibility index (Phi) is 7.90. The number of hydrogen-bond acceptors (Lipinski definition) is 7. The molecule has 1 unspecified atom stereocenters. The summed E-state index contributed by atoms with van der Waals surface area (Å²) >= 11 is 0. The first-order valence-corrected chi connectivity index (χ1v) is 10.9. The van der Waals surface area contributed by atoms with Gasteiger partial charge in [0.1, 0.15) is 12.0 Å². The molecule has 1 aromatic carbocycles. The van der Waals surface area contributed by atoms with E-state index in [9.17, 15) is 18.7 Å². The summed E-state index contributed by atoms with van der Waals surface area (Å²) in [5, 5.41) is 24.1. The van der Waals surface area contributed by atoms with Crippen LogP contribution in [0.3, 0.4) is 0 Å². The molecule has 1 atom stereocenters. The van der Waals surface area contributed by atoms with Crippen molar-refractivity contribution in [3.05, 3.63) is 65.9 Å². The van der Waals surface area contributed by atoms with Gasteiger partial charge in [-0.05, 0) is 45.1 Å². The second-order valence-electron chi connectivity index (χ2n) is 8.44. The van der Waals surface area contributed by atoms with Crippen LogP contribution in [-0.4, -0.2) is 60.8 Å². The zero-order valence-corrected chi connectivity index (χ0v) is 19.6. The lowest BCUT2D eigenvalue weighted by atomic mass is 10.0. The number of imidazole rings is 1. The van der Waals surface area contributed by atoms with Gasteiger partial charge in [0, 0.05) is 30.5 Å². The minimum absolute atomic E-state index is 0.0805. The van der Waals surface area contributed by atoms with E-state index in [1.807, 2.05) is 27.7 Å². The lowest BCUT2D eigenvalue weighted by Gasteiger charge is -2.32. The molecule has 2 heterocycles. The zero-order chi connectivity index (χ0) is 24.9. The minimum Gasteiger partial charge on any atom is -0.368 e. The molecular weight excluding hydrogens is 444 g/mol. The molecule has 0 aliphatic heterocycles. The van der Waals surface area contributed by atoms with Gasteiger partial charge in [0.05, 0.1) is 11.3 Å². The molecule has 3 N–H and O–H groups in total. The molecule has 3 aromatic rings. The van der Waals surface area contributed by atoms with Gasteiger partial charge in [0.2, 0.25) is 0 Å². The maximum absolute atomic E-state index is 14.0. The Hall–Kier alpha value is -3.44. The summed E-state index contributed by atoms with van der Waals surface area (Å²) in [6, 6.07) is 4.77. The highest BCUT2D eigenvalue weighted by atomic mass is 19.2. The zero-order valence-electron chi connectivity index (χ0n) is 19.6. The Morgan fingerprint density at radius 2 is 1.88 bits per heavy atom. The lowest BCUT2D eigenvalue weighted by Crippen LogP contribution is -2.51. The Labute approximate surface area is 196 Å². The van der Waals surface area contributed by atoms with Crippen LogP contribution in [0.25, 0.3) is 5.82 Å². The molecule has 34 heavy (non-hydrogen) atoms. The van der Waals surface area contributed by atoms with Gasteiger partial charge in [-0.1, -0.05) is 13.8 Å². The number of rotatable bonds is 10. The third-order valence-electron chi connectivity index (χ3n) is 5.28. The quantitative estimate of drug-likeness (QED) is 0.389. The fourth-order valence-electron chi connectivity index (χ4n) is 3.51. The van der Waals surface area contributed by atoms with Crippen molar-refractivity contribution in [3.8, 4) is 5.82 Å². The van der Waals surface area contributed by atoms with Gasteiger partial charge in [-0.25, -0.2) is 13.8 Å². The van der Waals surface area contributed by atoms with Gasteiger partial charge in [-0.2, -0.15) is 0 Å². The molecule has 0 spiro atoms. The molecule has 182 valence electrons. The van der Waals surface area contributed by atoms with E-state index < -0.39 is 29.3 Å². The average molecular weight is 474 g/mol. The van der Waals surface area contributed by atoms with Gasteiger partial charge in [-0.3, -0.25) is 9.36 Å². The number of amides is 1. The molecule has 0 radical (unpaired) electrons. The summed E-state index contributed by atoms with van der Waals surface area (Å²) in [6.07, 6.45) is 3.40. The van der Waals surface area contributed by atoms with Crippen molar-refractivity contribution in [1.82, 2.24) is 30.0 Å². The van der Waals surface area contributed by atoms with E-state index in [1.54, 1.807) is 29.4 Å². The highest BCUT2D eigenvalue weighted by Gasteiger charge is 2.26. The number of hydrogen-bond donors (Lipinski definition) is 3. The first kappa shape index (κ1) is 25.2. The van der Waals surface area contributed by atoms with E-state index in [0.717, 1.165) is 25.2 Å². The van der Waals surface area contributed by atoms with Crippen LogP contribution in [0.15, 0.2) is 43.0 Å². The molecule has 0 saturated carbocycles. The van der Waals surface area contributed by atoms with E-state index in [-0.39, 0.29) is 16.9 Å². The van der Waals surface area contributed by atoms with E-state index in [0.29, 0.717) is 12.4 Å². The molecule has 1 amide bonds. The third-order valence-corrected chi connectivity index (χ3v) is 5.28. The molecule has 0 aliphatic carbocycles. The first-order valence-electron chi connectivity index (χ1n) is 10.9. The van der Waals surface area contributed by atoms with Gasteiger partial charge in [0.15, 0.2) is 23.7 Å². The second kappa shape index (κ2) is 10.7. The largest absolute Gasteiger partial charge is 0.368 e. The predicted molar refractivity (Wildman–Crippen MR) is 123 cm³/mol. The number of aliphatic hydroxyl groups excluding tert-OH is 1. The number of anilines is 1. The Bertz CT molecular complexity index is 1100. The lowest BCUT2D eigenvalue weighted by molar-refractivity contribution is 0.0890. The Morgan fingerprint density at radius 1 is 1.18 bits per heavy atom. The van der Waals surface area contributed by atoms with Crippen molar-refractivity contribution >= 4 is 11.6 Å². The van der Waals surface area contributed by atoms with Crippen LogP contribution in [-0.2, 0) is 0 Å². The average Bonchev–Trinajstić information content (AvgIpc) is 3.34. The number of carbonyl (C=O) groups is 1. The molecule has 0 saturated heterocycles. The van der Waals surface area contributed by atoms with Crippen molar-refractivity contribution in [3.63, 3.8) is 0 Å². The second-order valence-corrected chi connectivity index (χ2v) is 8.44. The SMILES string of the molecule is CCN(CC)CC(C)(C)NC(=O)c1cc(F)c(F)cc1NC(O)c1ccc(-n2ccnc2)nn1. The highest BCUT2D eigenvalue weighted by Crippen LogP contribution is 2.24. The van der Waals surface area contributed by atoms with Crippen LogP contribution >= 0.6 is 0 Å². The van der Waals surface area contributed by atoms with Crippen LogP contribution in [0.1, 0.15) is 50.0 Å². The summed E-state index contributed by atoms with van der Waals surface area (Å²) in [6.45, 7) is 9.92. The number of benzene rings is 1. The van der Waals surface area contributed by atoms with Crippen molar-refractivity contribution in [1.29, 1.82) is 0 Å². The van der Waals surface area contributed by atoms with Crippen molar-refractivity contribution in [2.45, 2.75) is 39.5 Å². The summed E-state index contributed by atoms with van der Waals surface area (Å²) in [4.78, 5) is 19.1. The van der Waals surface area contributed by atoms with Crippen LogP contribution in [0.2, 0.25) is 0 Å². The number of aliphatic hydroxyl groups is 1. The molecule has 2 aromatic heterocycles. The van der Waals surface area contributed by atoms with E-state index in [4.69, 9.17) is 0 Å². The number of nitrogens with zero attached hydrogens (tertiary/aromatic N) is 5. The molecule has 9 nitrogen and oxygen atoms in total. The molecule has 0 fully saturated rings. The van der Waals surface area contributed by atoms with Gasteiger partial charge < -0.3 is 20.6 Å². The van der Waals surface area contributed by atoms with E-state index >= 15 is 0 Å². The van der Waals surface area contributed by atoms with Crippen LogP contribution in [0, 0.1) is 11.6 Å². The Morgan fingerprint density at radius 3 is 2.47 bits per heavy atom. The van der Waals surface area contributed by atoms with Crippen LogP contribution in [0.4, 0.5) is 14.5 Å². The monoisotopic (exact) mass is 473 g/mol. The number of nitrogens with one attached hydrogen (secondary N) is 2. The first-order chi connectivity index (χ1) is 16.1. The number of carbonyl (C=O) groups excluding carboxylic acids is 1. The maximum atomic E-state index is 14.0. The minimum atomic E-state index is -1.43. The summed E-state index contributed by atoms with van der Waals surface area (Å²) < 4.78 is 29.7. The van der Waals surface area contributed by atoms with Gasteiger partial charge >= 0.3 is 0 Å². The molecule has 0 bridgehead atoms. The number of halogens is 2. The number of likely N-dealkylation sites (N-methyl/N-ethyl adjacent to an activating group) is 1. The number of aromatic nitrogens is 4. The van der Waals surface area contributed by atoms with Gasteiger partial charge in [0.25, 0.3) is 5.91 Å². The summed E-state index contributed by atoms with van der Waals surface area (Å²) in [5.74, 6) is -2.45. The third kappa shape index (κ3) is 6.12. The summed E-state index contributed by atoms with van der Waals surface area (Å²) in [7, 11) is 0. The molecule has 11 heteroatoms. The van der Waals surface area contributed by atoms with E-state index in [1.165, 1.54) is 6.07 Å². The van der Waals surface area contributed by atoms with Crippen molar-refractivity contribution in [2.75, 3.05) is 25.0 Å². The van der Waals surface area contributed by atoms with E-state index in [2.05, 4.69) is 30.7 Å². The summed E-state index contributed by atoms with van der Waals surface area (Å²) in [5.41, 5.74) is -0.739. The smallest absolute Gasteiger partial charge is 0.253 e. The predicted octanol–water partition coefficient (Wildman–Crippen LogP) is 2.89.